The molecule has 1 fully saturated rings. The van der Waals surface area contributed by atoms with Gasteiger partial charge in [0.05, 0.1) is 22.3 Å². The fourth-order valence-electron chi connectivity index (χ4n) is 3.37. The summed E-state index contributed by atoms with van der Waals surface area (Å²) < 4.78 is 0. The number of carbonyl (C=O) groups is 2. The molecule has 136 valence electrons. The molecule has 2 amide bonds. The molecule has 1 unspecified atom stereocenters. The van der Waals surface area contributed by atoms with E-state index in [0.29, 0.717) is 22.4 Å². The van der Waals surface area contributed by atoms with Crippen molar-refractivity contribution in [2.24, 2.45) is 5.92 Å². The molecule has 8 heteroatoms. The molecule has 6 nitrogen and oxygen atoms in total. The fraction of sp³-hybridized carbons (Fsp3) is 0.389. The highest BCUT2D eigenvalue weighted by atomic mass is 35.5. The number of likely N-dealkylation sites (N-methyl/N-ethyl adjacent to an activating group) is 1. The van der Waals surface area contributed by atoms with Crippen LogP contribution in [-0.2, 0) is 22.6 Å². The number of amides is 2. The van der Waals surface area contributed by atoms with Crippen LogP contribution in [0.3, 0.4) is 0 Å². The third-order valence-electron chi connectivity index (χ3n) is 4.79. The number of hydrogen-bond donors (Lipinski definition) is 1. The SMILES string of the molecule is CN1CCc2nc(NC(=O)C3CC(=O)N(c4ccccc4Cl)C3)sc2C1. The molecule has 0 aliphatic carbocycles. The van der Waals surface area contributed by atoms with Crippen molar-refractivity contribution in [1.82, 2.24) is 9.88 Å². The van der Waals surface area contributed by atoms with Gasteiger partial charge in [-0.2, -0.15) is 0 Å². The number of rotatable bonds is 3. The Balaban J connectivity index is 1.45. The van der Waals surface area contributed by atoms with E-state index in [1.165, 1.54) is 16.2 Å². The van der Waals surface area contributed by atoms with E-state index in [4.69, 9.17) is 11.6 Å². The van der Waals surface area contributed by atoms with Crippen LogP contribution in [-0.4, -0.2) is 41.8 Å². The van der Waals surface area contributed by atoms with Crippen LogP contribution in [0.15, 0.2) is 24.3 Å². The van der Waals surface area contributed by atoms with Crippen molar-refractivity contribution in [3.05, 3.63) is 39.9 Å². The van der Waals surface area contributed by atoms with E-state index in [1.54, 1.807) is 17.0 Å². The van der Waals surface area contributed by atoms with Gasteiger partial charge in [-0.3, -0.25) is 9.59 Å². The van der Waals surface area contributed by atoms with Crippen molar-refractivity contribution in [3.63, 3.8) is 0 Å². The van der Waals surface area contributed by atoms with E-state index in [-0.39, 0.29) is 18.2 Å². The molecule has 0 spiro atoms. The van der Waals surface area contributed by atoms with E-state index in [1.807, 2.05) is 12.1 Å². The quantitative estimate of drug-likeness (QED) is 0.875. The van der Waals surface area contributed by atoms with Crippen molar-refractivity contribution in [2.75, 3.05) is 30.4 Å². The third-order valence-corrected chi connectivity index (χ3v) is 6.11. The predicted octanol–water partition coefficient (Wildman–Crippen LogP) is 2.78. The summed E-state index contributed by atoms with van der Waals surface area (Å²) in [6.45, 7) is 2.18. The molecule has 26 heavy (non-hydrogen) atoms. The summed E-state index contributed by atoms with van der Waals surface area (Å²) in [6, 6.07) is 7.19. The van der Waals surface area contributed by atoms with Crippen molar-refractivity contribution < 1.29 is 9.59 Å². The molecular formula is C18H19ClN4O2S. The largest absolute Gasteiger partial charge is 0.310 e. The van der Waals surface area contributed by atoms with Gasteiger partial charge >= 0.3 is 0 Å². The second-order valence-corrected chi connectivity index (χ2v) is 8.21. The van der Waals surface area contributed by atoms with Gasteiger partial charge in [-0.15, -0.1) is 11.3 Å². The van der Waals surface area contributed by atoms with Gasteiger partial charge in [-0.05, 0) is 19.2 Å². The van der Waals surface area contributed by atoms with Crippen molar-refractivity contribution in [1.29, 1.82) is 0 Å². The van der Waals surface area contributed by atoms with Crippen LogP contribution in [0.1, 0.15) is 17.0 Å². The van der Waals surface area contributed by atoms with Gasteiger partial charge in [-0.1, -0.05) is 23.7 Å². The highest BCUT2D eigenvalue weighted by molar-refractivity contribution is 7.15. The molecule has 1 aromatic heterocycles. The monoisotopic (exact) mass is 390 g/mol. The minimum Gasteiger partial charge on any atom is -0.310 e. The van der Waals surface area contributed by atoms with Crippen molar-refractivity contribution in [2.45, 2.75) is 19.4 Å². The Labute approximate surface area is 160 Å². The fourth-order valence-corrected chi connectivity index (χ4v) is 4.70. The highest BCUT2D eigenvalue weighted by Gasteiger charge is 2.36. The third kappa shape index (κ3) is 3.34. The van der Waals surface area contributed by atoms with Gasteiger partial charge in [0.2, 0.25) is 11.8 Å². The molecule has 1 N–H and O–H groups in total. The number of nitrogens with one attached hydrogen (secondary N) is 1. The summed E-state index contributed by atoms with van der Waals surface area (Å²) >= 11 is 7.71. The zero-order valence-corrected chi connectivity index (χ0v) is 15.9. The molecular weight excluding hydrogens is 372 g/mol. The van der Waals surface area contributed by atoms with Gasteiger partial charge in [0, 0.05) is 37.4 Å². The molecule has 0 radical (unpaired) electrons. The smallest absolute Gasteiger partial charge is 0.231 e. The van der Waals surface area contributed by atoms with E-state index in [9.17, 15) is 9.59 Å². The van der Waals surface area contributed by atoms with Gasteiger partial charge in [0.25, 0.3) is 0 Å². The first kappa shape index (κ1) is 17.5. The number of nitrogens with zero attached hydrogens (tertiary/aromatic N) is 3. The molecule has 2 aliphatic rings. The average molecular weight is 391 g/mol. The Bertz CT molecular complexity index is 869. The summed E-state index contributed by atoms with van der Waals surface area (Å²) in [5.74, 6) is -0.645. The number of halogens is 1. The first-order valence-electron chi connectivity index (χ1n) is 8.54. The maximum Gasteiger partial charge on any atom is 0.231 e. The lowest BCUT2D eigenvalue weighted by atomic mass is 10.1. The number of thiazole rings is 1. The number of carbonyl (C=O) groups excluding carboxylic acids is 2. The Hall–Kier alpha value is -1.96. The summed E-state index contributed by atoms with van der Waals surface area (Å²) in [5, 5.41) is 4.04. The molecule has 2 aliphatic heterocycles. The van der Waals surface area contributed by atoms with E-state index in [2.05, 4.69) is 22.2 Å². The first-order valence-corrected chi connectivity index (χ1v) is 9.73. The number of aromatic nitrogens is 1. The number of para-hydroxylation sites is 1. The van der Waals surface area contributed by atoms with Gasteiger partial charge in [0.1, 0.15) is 0 Å². The van der Waals surface area contributed by atoms with Crippen LogP contribution in [0.5, 0.6) is 0 Å². The Morgan fingerprint density at radius 2 is 2.19 bits per heavy atom. The van der Waals surface area contributed by atoms with Crippen LogP contribution in [0.25, 0.3) is 0 Å². The Morgan fingerprint density at radius 1 is 1.38 bits per heavy atom. The molecule has 2 aromatic rings. The van der Waals surface area contributed by atoms with E-state index >= 15 is 0 Å². The molecule has 4 rings (SSSR count). The molecule has 1 aromatic carbocycles. The molecule has 0 saturated carbocycles. The van der Waals surface area contributed by atoms with Crippen LogP contribution in [0, 0.1) is 5.92 Å². The van der Waals surface area contributed by atoms with Gasteiger partial charge in [0.15, 0.2) is 5.13 Å². The maximum absolute atomic E-state index is 12.6. The number of hydrogen-bond acceptors (Lipinski definition) is 5. The van der Waals surface area contributed by atoms with Crippen LogP contribution in [0.2, 0.25) is 5.02 Å². The normalized spacial score (nSPS) is 20.3. The van der Waals surface area contributed by atoms with E-state index in [0.717, 1.165) is 25.2 Å². The first-order chi connectivity index (χ1) is 12.5. The lowest BCUT2D eigenvalue weighted by Crippen LogP contribution is -2.28. The van der Waals surface area contributed by atoms with Gasteiger partial charge in [-0.25, -0.2) is 4.98 Å². The molecule has 0 bridgehead atoms. The van der Waals surface area contributed by atoms with E-state index < -0.39 is 5.92 Å². The average Bonchev–Trinajstić information content (AvgIpc) is 3.18. The Morgan fingerprint density at radius 3 is 3.00 bits per heavy atom. The zero-order chi connectivity index (χ0) is 18.3. The second kappa shape index (κ2) is 6.98. The van der Waals surface area contributed by atoms with Crippen LogP contribution >= 0.6 is 22.9 Å². The Kier molecular flexibility index (Phi) is 4.69. The molecule has 1 atom stereocenters. The number of fused-ring (bicyclic) bond motifs is 1. The number of benzene rings is 1. The summed E-state index contributed by atoms with van der Waals surface area (Å²) in [4.78, 5) is 34.6. The minimum atomic E-state index is -0.401. The zero-order valence-electron chi connectivity index (χ0n) is 14.4. The van der Waals surface area contributed by atoms with Crippen molar-refractivity contribution >= 4 is 45.6 Å². The second-order valence-electron chi connectivity index (χ2n) is 6.72. The molecule has 1 saturated heterocycles. The summed E-state index contributed by atoms with van der Waals surface area (Å²) in [6.07, 6.45) is 1.09. The van der Waals surface area contributed by atoms with Crippen LogP contribution < -0.4 is 10.2 Å². The lowest BCUT2D eigenvalue weighted by molar-refractivity contribution is -0.122. The topological polar surface area (TPSA) is 65.5 Å². The molecule has 3 heterocycles. The lowest BCUT2D eigenvalue weighted by Gasteiger charge is -2.20. The van der Waals surface area contributed by atoms with Crippen molar-refractivity contribution in [3.8, 4) is 0 Å². The van der Waals surface area contributed by atoms with Gasteiger partial charge < -0.3 is 15.1 Å². The number of anilines is 2. The standard InChI is InChI=1S/C18H19ClN4O2S/c1-22-7-6-13-15(10-22)26-18(20-13)21-17(25)11-8-16(24)23(9-11)14-5-3-2-4-12(14)19/h2-5,11H,6-10H2,1H3,(H,20,21,25). The minimum absolute atomic E-state index is 0.0849. The van der Waals surface area contributed by atoms with Crippen LogP contribution in [0.4, 0.5) is 10.8 Å². The highest BCUT2D eigenvalue weighted by Crippen LogP contribution is 2.32. The predicted molar refractivity (Wildman–Crippen MR) is 103 cm³/mol. The summed E-state index contributed by atoms with van der Waals surface area (Å²) in [5.41, 5.74) is 1.73. The maximum atomic E-state index is 12.6. The summed E-state index contributed by atoms with van der Waals surface area (Å²) in [7, 11) is 2.08.